The second-order valence-electron chi connectivity index (χ2n) is 4.68. The predicted molar refractivity (Wildman–Crippen MR) is 75.0 cm³/mol. The van der Waals surface area contributed by atoms with Crippen LogP contribution in [0.15, 0.2) is 29.8 Å². The molecule has 0 aromatic heterocycles. The monoisotopic (exact) mass is 274 g/mol. The number of hydrogen-bond donors (Lipinski definition) is 0. The van der Waals surface area contributed by atoms with E-state index in [1.54, 1.807) is 6.92 Å². The number of rotatable bonds is 4. The number of benzene rings is 1. The lowest BCUT2D eigenvalue weighted by Crippen LogP contribution is -2.16. The summed E-state index contributed by atoms with van der Waals surface area (Å²) in [4.78, 5) is 23.8. The van der Waals surface area contributed by atoms with Gasteiger partial charge in [0.2, 0.25) is 0 Å². The van der Waals surface area contributed by atoms with Crippen molar-refractivity contribution in [3.8, 4) is 0 Å². The van der Waals surface area contributed by atoms with Gasteiger partial charge >= 0.3 is 11.9 Å². The van der Waals surface area contributed by atoms with Crippen molar-refractivity contribution in [2.24, 2.45) is 0 Å². The van der Waals surface area contributed by atoms with Gasteiger partial charge < -0.3 is 9.47 Å². The summed E-state index contributed by atoms with van der Waals surface area (Å²) in [5.74, 6) is -0.964. The van der Waals surface area contributed by atoms with Crippen LogP contribution in [0.3, 0.4) is 0 Å². The van der Waals surface area contributed by atoms with E-state index in [1.165, 1.54) is 7.11 Å². The topological polar surface area (TPSA) is 52.6 Å². The Morgan fingerprint density at radius 1 is 1.25 bits per heavy atom. The van der Waals surface area contributed by atoms with Crippen LogP contribution in [0.25, 0.3) is 5.57 Å². The molecule has 20 heavy (non-hydrogen) atoms. The Balaban J connectivity index is 2.44. The van der Waals surface area contributed by atoms with Crippen molar-refractivity contribution in [1.82, 2.24) is 0 Å². The molecule has 1 aromatic carbocycles. The first-order chi connectivity index (χ1) is 9.60. The maximum Gasteiger partial charge on any atom is 0.334 e. The molecule has 0 N–H and O–H groups in total. The Labute approximate surface area is 118 Å². The van der Waals surface area contributed by atoms with E-state index in [0.717, 1.165) is 16.7 Å². The Kier molecular flexibility index (Phi) is 4.23. The van der Waals surface area contributed by atoms with E-state index in [4.69, 9.17) is 9.47 Å². The van der Waals surface area contributed by atoms with Crippen LogP contribution < -0.4 is 0 Å². The Hall–Kier alpha value is -2.10. The number of fused-ring (bicyclic) bond motifs is 1. The van der Waals surface area contributed by atoms with E-state index < -0.39 is 0 Å². The highest BCUT2D eigenvalue weighted by Crippen LogP contribution is 2.44. The molecular formula is C16H18O4. The lowest BCUT2D eigenvalue weighted by molar-refractivity contribution is -0.141. The highest BCUT2D eigenvalue weighted by atomic mass is 16.5. The first kappa shape index (κ1) is 14.3. The second kappa shape index (κ2) is 5.90. The molecule has 4 nitrogen and oxygen atoms in total. The average molecular weight is 274 g/mol. The molecule has 0 heterocycles. The number of methoxy groups -OCH3 is 1. The predicted octanol–water partition coefficient (Wildman–Crippen LogP) is 2.68. The molecule has 4 heteroatoms. The minimum absolute atomic E-state index is 0.152. The zero-order chi connectivity index (χ0) is 14.7. The van der Waals surface area contributed by atoms with E-state index in [0.29, 0.717) is 12.2 Å². The van der Waals surface area contributed by atoms with E-state index in [2.05, 4.69) is 0 Å². The highest BCUT2D eigenvalue weighted by molar-refractivity contribution is 6.03. The zero-order valence-corrected chi connectivity index (χ0v) is 11.9. The van der Waals surface area contributed by atoms with Crippen molar-refractivity contribution in [2.45, 2.75) is 26.2 Å². The normalized spacial score (nSPS) is 16.9. The number of esters is 2. The van der Waals surface area contributed by atoms with Crippen LogP contribution in [0.4, 0.5) is 0 Å². The van der Waals surface area contributed by atoms with E-state index in [1.807, 2.05) is 31.2 Å². The molecule has 0 amide bonds. The second-order valence-corrected chi connectivity index (χ2v) is 4.68. The molecule has 2 rings (SSSR count). The summed E-state index contributed by atoms with van der Waals surface area (Å²) in [6.07, 6.45) is 0.152. The summed E-state index contributed by atoms with van der Waals surface area (Å²) < 4.78 is 9.86. The van der Waals surface area contributed by atoms with Gasteiger partial charge in [-0.25, -0.2) is 4.79 Å². The Morgan fingerprint density at radius 2 is 1.95 bits per heavy atom. The minimum Gasteiger partial charge on any atom is -0.469 e. The average Bonchev–Trinajstić information content (AvgIpc) is 2.72. The summed E-state index contributed by atoms with van der Waals surface area (Å²) in [5.41, 5.74) is 3.44. The lowest BCUT2D eigenvalue weighted by Gasteiger charge is -2.14. The maximum absolute atomic E-state index is 12.2. The molecule has 0 saturated carbocycles. The molecule has 1 aromatic rings. The van der Waals surface area contributed by atoms with Crippen LogP contribution in [0.5, 0.6) is 0 Å². The first-order valence-corrected chi connectivity index (χ1v) is 6.64. The van der Waals surface area contributed by atoms with Crippen molar-refractivity contribution in [2.75, 3.05) is 13.7 Å². The smallest absolute Gasteiger partial charge is 0.334 e. The molecule has 0 radical (unpaired) electrons. The number of carbonyl (C=O) groups excluding carboxylic acids is 2. The summed E-state index contributed by atoms with van der Waals surface area (Å²) in [7, 11) is 1.35. The van der Waals surface area contributed by atoms with Crippen LogP contribution in [0, 0.1) is 0 Å². The van der Waals surface area contributed by atoms with Gasteiger partial charge in [-0.1, -0.05) is 24.3 Å². The fourth-order valence-electron chi connectivity index (χ4n) is 2.67. The van der Waals surface area contributed by atoms with Gasteiger partial charge in [-0.2, -0.15) is 0 Å². The van der Waals surface area contributed by atoms with Crippen molar-refractivity contribution in [3.63, 3.8) is 0 Å². The van der Waals surface area contributed by atoms with Gasteiger partial charge in [0.1, 0.15) is 0 Å². The highest BCUT2D eigenvalue weighted by Gasteiger charge is 2.35. The SMILES string of the molecule is CCOC(=O)C1=C(C)c2ccccc2C1CC(=O)OC. The number of allylic oxidation sites excluding steroid dienone is 1. The summed E-state index contributed by atoms with van der Waals surface area (Å²) in [5, 5.41) is 0. The number of carbonyl (C=O) groups is 2. The fraction of sp³-hybridized carbons (Fsp3) is 0.375. The maximum atomic E-state index is 12.2. The summed E-state index contributed by atoms with van der Waals surface area (Å²) in [6.45, 7) is 3.98. The number of hydrogen-bond acceptors (Lipinski definition) is 4. The van der Waals surface area contributed by atoms with Gasteiger partial charge in [0, 0.05) is 11.5 Å². The fourth-order valence-corrected chi connectivity index (χ4v) is 2.67. The first-order valence-electron chi connectivity index (χ1n) is 6.64. The molecule has 0 saturated heterocycles. The molecule has 1 unspecified atom stereocenters. The quantitative estimate of drug-likeness (QED) is 0.792. The third kappa shape index (κ3) is 2.46. The van der Waals surface area contributed by atoms with Gasteiger partial charge in [-0.05, 0) is 30.5 Å². The van der Waals surface area contributed by atoms with Crippen LogP contribution in [0.1, 0.15) is 37.3 Å². The van der Waals surface area contributed by atoms with Crippen LogP contribution in [-0.4, -0.2) is 25.7 Å². The Morgan fingerprint density at radius 3 is 2.60 bits per heavy atom. The standard InChI is InChI=1S/C16H18O4/c1-4-20-16(18)15-10(2)11-7-5-6-8-12(11)13(15)9-14(17)19-3/h5-8,13H,4,9H2,1-3H3. The van der Waals surface area contributed by atoms with Crippen molar-refractivity contribution >= 4 is 17.5 Å². The van der Waals surface area contributed by atoms with Crippen molar-refractivity contribution in [1.29, 1.82) is 0 Å². The molecule has 1 aliphatic rings. The van der Waals surface area contributed by atoms with E-state index >= 15 is 0 Å². The van der Waals surface area contributed by atoms with Gasteiger partial charge in [-0.15, -0.1) is 0 Å². The van der Waals surface area contributed by atoms with E-state index in [-0.39, 0.29) is 24.3 Å². The molecule has 1 aliphatic carbocycles. The van der Waals surface area contributed by atoms with Crippen LogP contribution >= 0.6 is 0 Å². The lowest BCUT2D eigenvalue weighted by atomic mass is 9.92. The van der Waals surface area contributed by atoms with Crippen molar-refractivity contribution in [3.05, 3.63) is 41.0 Å². The molecule has 106 valence electrons. The third-order valence-electron chi connectivity index (χ3n) is 3.59. The zero-order valence-electron chi connectivity index (χ0n) is 11.9. The Bertz CT molecular complexity index is 572. The van der Waals surface area contributed by atoms with Crippen LogP contribution in [-0.2, 0) is 19.1 Å². The minimum atomic E-state index is -0.352. The third-order valence-corrected chi connectivity index (χ3v) is 3.59. The van der Waals surface area contributed by atoms with Crippen LogP contribution in [0.2, 0.25) is 0 Å². The molecular weight excluding hydrogens is 256 g/mol. The molecule has 1 atom stereocenters. The number of ether oxygens (including phenoxy) is 2. The molecule has 0 spiro atoms. The summed E-state index contributed by atoms with van der Waals surface area (Å²) in [6, 6.07) is 7.73. The molecule has 0 aliphatic heterocycles. The molecule has 0 bridgehead atoms. The summed E-state index contributed by atoms with van der Waals surface area (Å²) >= 11 is 0. The van der Waals surface area contributed by atoms with Gasteiger partial charge in [0.15, 0.2) is 0 Å². The van der Waals surface area contributed by atoms with E-state index in [9.17, 15) is 9.59 Å². The van der Waals surface area contributed by atoms with Gasteiger partial charge in [-0.3, -0.25) is 4.79 Å². The largest absolute Gasteiger partial charge is 0.469 e. The van der Waals surface area contributed by atoms with Gasteiger partial charge in [0.25, 0.3) is 0 Å². The van der Waals surface area contributed by atoms with Gasteiger partial charge in [0.05, 0.1) is 20.1 Å². The van der Waals surface area contributed by atoms with Crippen molar-refractivity contribution < 1.29 is 19.1 Å². The molecule has 0 fully saturated rings.